The maximum absolute atomic E-state index is 13.6. The van der Waals surface area contributed by atoms with E-state index in [1.807, 2.05) is 11.0 Å². The van der Waals surface area contributed by atoms with Crippen molar-refractivity contribution in [3.8, 4) is 0 Å². The Hall–Kier alpha value is -2.97. The van der Waals surface area contributed by atoms with Crippen molar-refractivity contribution in [2.75, 3.05) is 24.5 Å². The van der Waals surface area contributed by atoms with Crippen molar-refractivity contribution in [3.05, 3.63) is 24.0 Å². The monoisotopic (exact) mass is 371 g/mol. The molecule has 0 radical (unpaired) electrons. The number of anilines is 1. The minimum absolute atomic E-state index is 0.0338. The molecule has 8 nitrogen and oxygen atoms in total. The van der Waals surface area contributed by atoms with E-state index >= 15 is 0 Å². The summed E-state index contributed by atoms with van der Waals surface area (Å²) in [5.74, 6) is 0.729. The Morgan fingerprint density at radius 2 is 2.33 bits per heavy atom. The van der Waals surface area contributed by atoms with Gasteiger partial charge in [-0.1, -0.05) is 0 Å². The van der Waals surface area contributed by atoms with Crippen LogP contribution in [0.5, 0.6) is 0 Å². The third kappa shape index (κ3) is 3.62. The highest BCUT2D eigenvalue weighted by molar-refractivity contribution is 6.09. The van der Waals surface area contributed by atoms with Crippen LogP contribution in [0.2, 0.25) is 0 Å². The summed E-state index contributed by atoms with van der Waals surface area (Å²) in [6.45, 7) is 1.62. The molecule has 0 aromatic carbocycles. The smallest absolute Gasteiger partial charge is 0.222 e. The Balaban J connectivity index is 1.58. The summed E-state index contributed by atoms with van der Waals surface area (Å²) in [7, 11) is 0. The highest BCUT2D eigenvalue weighted by atomic mass is 19.1. The van der Waals surface area contributed by atoms with Crippen LogP contribution >= 0.6 is 0 Å². The van der Waals surface area contributed by atoms with Gasteiger partial charge < -0.3 is 20.9 Å². The van der Waals surface area contributed by atoms with Crippen molar-refractivity contribution in [3.63, 3.8) is 0 Å². The molecule has 2 aliphatic heterocycles. The summed E-state index contributed by atoms with van der Waals surface area (Å²) in [4.78, 5) is 17.8. The first kappa shape index (κ1) is 17.4. The SMILES string of the molecule is N=C/C(=C\NC1CCNC(=O)C1)c1cnc2[nH]nc(N3CCC(F)C3)c2c1. The molecule has 27 heavy (non-hydrogen) atoms. The number of H-pyrrole nitrogens is 1. The third-order valence-electron chi connectivity index (χ3n) is 5.04. The van der Waals surface area contributed by atoms with Crippen molar-refractivity contribution >= 4 is 34.5 Å². The zero-order valence-corrected chi connectivity index (χ0v) is 14.8. The van der Waals surface area contributed by atoms with Crippen LogP contribution in [0.15, 0.2) is 18.5 Å². The second-order valence-electron chi connectivity index (χ2n) is 6.95. The number of rotatable bonds is 5. The number of alkyl halides is 1. The lowest BCUT2D eigenvalue weighted by Gasteiger charge is -2.22. The van der Waals surface area contributed by atoms with Gasteiger partial charge in [0.2, 0.25) is 5.91 Å². The van der Waals surface area contributed by atoms with E-state index in [9.17, 15) is 9.18 Å². The molecule has 142 valence electrons. The Bertz CT molecular complexity index is 893. The number of pyridine rings is 1. The van der Waals surface area contributed by atoms with Gasteiger partial charge in [-0.25, -0.2) is 9.37 Å². The lowest BCUT2D eigenvalue weighted by Crippen LogP contribution is -2.41. The van der Waals surface area contributed by atoms with Gasteiger partial charge in [-0.3, -0.25) is 9.89 Å². The van der Waals surface area contributed by atoms with E-state index in [1.54, 1.807) is 12.4 Å². The number of nitrogens with zero attached hydrogens (tertiary/aromatic N) is 3. The molecule has 2 aromatic heterocycles. The average Bonchev–Trinajstić information content (AvgIpc) is 3.28. The number of allylic oxidation sites excluding steroid dienone is 1. The predicted molar refractivity (Wildman–Crippen MR) is 102 cm³/mol. The largest absolute Gasteiger partial charge is 0.387 e. The van der Waals surface area contributed by atoms with Crippen molar-refractivity contribution in [1.82, 2.24) is 25.8 Å². The van der Waals surface area contributed by atoms with E-state index in [4.69, 9.17) is 5.41 Å². The van der Waals surface area contributed by atoms with E-state index in [-0.39, 0.29) is 11.9 Å². The number of aromatic amines is 1. The Kier molecular flexibility index (Phi) is 4.74. The highest BCUT2D eigenvalue weighted by Crippen LogP contribution is 2.28. The number of hydrogen-bond acceptors (Lipinski definition) is 6. The first-order valence-corrected chi connectivity index (χ1v) is 9.11. The molecule has 2 aliphatic rings. The third-order valence-corrected chi connectivity index (χ3v) is 5.04. The van der Waals surface area contributed by atoms with Gasteiger partial charge in [0.15, 0.2) is 11.5 Å². The predicted octanol–water partition coefficient (Wildman–Crippen LogP) is 1.36. The van der Waals surface area contributed by atoms with Crippen LogP contribution in [0.25, 0.3) is 16.6 Å². The fourth-order valence-corrected chi connectivity index (χ4v) is 3.54. The van der Waals surface area contributed by atoms with Gasteiger partial charge in [0, 0.05) is 55.3 Å². The zero-order valence-electron chi connectivity index (χ0n) is 14.8. The van der Waals surface area contributed by atoms with Crippen LogP contribution in [-0.4, -0.2) is 59.2 Å². The van der Waals surface area contributed by atoms with E-state index in [0.717, 1.165) is 17.4 Å². The number of aromatic nitrogens is 3. The summed E-state index contributed by atoms with van der Waals surface area (Å²) in [6.07, 6.45) is 5.63. The van der Waals surface area contributed by atoms with E-state index < -0.39 is 6.17 Å². The van der Waals surface area contributed by atoms with E-state index in [0.29, 0.717) is 49.5 Å². The molecule has 9 heteroatoms. The lowest BCUT2D eigenvalue weighted by molar-refractivity contribution is -0.122. The molecule has 2 atom stereocenters. The standard InChI is InChI=1S/C18H22FN7O/c19-13-2-4-26(10-13)18-15-5-11(8-23-17(15)24-25-18)12(7-20)9-22-14-1-3-21-16(27)6-14/h5,7-9,13-14,20,22H,1-4,6,10H2,(H,21,27)(H,23,24,25)/b12-9+,20-7?. The quantitative estimate of drug-likeness (QED) is 0.594. The number of carbonyl (C=O) groups is 1. The molecule has 2 unspecified atom stereocenters. The number of halogens is 1. The first-order chi connectivity index (χ1) is 13.1. The van der Waals surface area contributed by atoms with Gasteiger partial charge in [0.1, 0.15) is 6.17 Å². The molecular formula is C18H22FN7O. The molecule has 4 rings (SSSR count). The lowest BCUT2D eigenvalue weighted by atomic mass is 10.1. The number of piperidine rings is 1. The van der Waals surface area contributed by atoms with Gasteiger partial charge in [-0.15, -0.1) is 0 Å². The topological polar surface area (TPSA) is 110 Å². The summed E-state index contributed by atoms with van der Waals surface area (Å²) in [5.41, 5.74) is 2.06. The van der Waals surface area contributed by atoms with Crippen LogP contribution in [-0.2, 0) is 4.79 Å². The van der Waals surface area contributed by atoms with Crippen molar-refractivity contribution in [2.45, 2.75) is 31.5 Å². The van der Waals surface area contributed by atoms with Crippen LogP contribution < -0.4 is 15.5 Å². The van der Waals surface area contributed by atoms with E-state index in [1.165, 1.54) is 6.21 Å². The minimum atomic E-state index is -0.832. The average molecular weight is 371 g/mol. The molecule has 0 bridgehead atoms. The van der Waals surface area contributed by atoms with Crippen molar-refractivity contribution in [2.24, 2.45) is 0 Å². The molecule has 1 amide bonds. The zero-order chi connectivity index (χ0) is 18.8. The van der Waals surface area contributed by atoms with Gasteiger partial charge in [-0.05, 0) is 18.9 Å². The number of fused-ring (bicyclic) bond motifs is 1. The number of hydrogen-bond donors (Lipinski definition) is 4. The van der Waals surface area contributed by atoms with Crippen molar-refractivity contribution in [1.29, 1.82) is 5.41 Å². The van der Waals surface area contributed by atoms with Crippen molar-refractivity contribution < 1.29 is 9.18 Å². The number of amides is 1. The maximum atomic E-state index is 13.6. The maximum Gasteiger partial charge on any atom is 0.222 e. The molecule has 0 spiro atoms. The molecule has 2 fully saturated rings. The summed E-state index contributed by atoms with van der Waals surface area (Å²) >= 11 is 0. The molecule has 0 saturated carbocycles. The number of carbonyl (C=O) groups excluding carboxylic acids is 1. The van der Waals surface area contributed by atoms with Crippen LogP contribution in [0, 0.1) is 5.41 Å². The fraction of sp³-hybridized carbons (Fsp3) is 0.444. The molecule has 2 saturated heterocycles. The fourth-order valence-electron chi connectivity index (χ4n) is 3.54. The molecular weight excluding hydrogens is 349 g/mol. The normalized spacial score (nSPS) is 23.5. The minimum Gasteiger partial charge on any atom is -0.387 e. The van der Waals surface area contributed by atoms with Crippen LogP contribution in [0.1, 0.15) is 24.8 Å². The summed E-state index contributed by atoms with van der Waals surface area (Å²) in [5, 5.41) is 21.8. The summed E-state index contributed by atoms with van der Waals surface area (Å²) in [6, 6.07) is 1.97. The Morgan fingerprint density at radius 1 is 1.44 bits per heavy atom. The molecule has 4 N–H and O–H groups in total. The van der Waals surface area contributed by atoms with Crippen LogP contribution in [0.4, 0.5) is 10.2 Å². The Labute approximate surface area is 155 Å². The van der Waals surface area contributed by atoms with E-state index in [2.05, 4.69) is 25.8 Å². The molecule has 4 heterocycles. The Morgan fingerprint density at radius 3 is 3.07 bits per heavy atom. The highest BCUT2D eigenvalue weighted by Gasteiger charge is 2.25. The number of nitrogens with one attached hydrogen (secondary N) is 4. The van der Waals surface area contributed by atoms with Gasteiger partial charge in [-0.2, -0.15) is 5.10 Å². The second-order valence-corrected chi connectivity index (χ2v) is 6.95. The second kappa shape index (κ2) is 7.34. The van der Waals surface area contributed by atoms with Gasteiger partial charge in [0.05, 0.1) is 11.9 Å². The first-order valence-electron chi connectivity index (χ1n) is 9.11. The van der Waals surface area contributed by atoms with Gasteiger partial charge >= 0.3 is 0 Å². The molecule has 0 aliphatic carbocycles. The molecule has 2 aromatic rings. The van der Waals surface area contributed by atoms with Crippen LogP contribution in [0.3, 0.4) is 0 Å². The van der Waals surface area contributed by atoms with Gasteiger partial charge in [0.25, 0.3) is 0 Å². The summed E-state index contributed by atoms with van der Waals surface area (Å²) < 4.78 is 13.6.